The van der Waals surface area contributed by atoms with Crippen molar-refractivity contribution in [3.05, 3.63) is 77.4 Å². The highest BCUT2D eigenvalue weighted by molar-refractivity contribution is 5.90. The molecule has 1 aliphatic heterocycles. The van der Waals surface area contributed by atoms with Gasteiger partial charge in [0.1, 0.15) is 11.8 Å². The number of rotatable bonds is 6. The smallest absolute Gasteiger partial charge is 0.336 e. The van der Waals surface area contributed by atoms with Crippen LogP contribution in [0.15, 0.2) is 60.7 Å². The van der Waals surface area contributed by atoms with Gasteiger partial charge in [0.2, 0.25) is 17.7 Å². The molecule has 0 aliphatic carbocycles. The fourth-order valence-corrected chi connectivity index (χ4v) is 4.24. The minimum absolute atomic E-state index is 0.000932. The molecule has 3 atom stereocenters. The summed E-state index contributed by atoms with van der Waals surface area (Å²) in [6.07, 6.45) is 5.91. The maximum absolute atomic E-state index is 13.0. The average molecular weight is 523 g/mol. The van der Waals surface area contributed by atoms with Crippen molar-refractivity contribution >= 4 is 23.7 Å². The van der Waals surface area contributed by atoms with Crippen LogP contribution in [-0.2, 0) is 27.3 Å². The lowest BCUT2D eigenvalue weighted by Gasteiger charge is -2.23. The Labute approximate surface area is 221 Å². The molecule has 10 heteroatoms. The van der Waals surface area contributed by atoms with E-state index in [4.69, 9.17) is 5.73 Å². The van der Waals surface area contributed by atoms with E-state index in [0.717, 1.165) is 5.56 Å². The number of carboxylic acids is 1. The van der Waals surface area contributed by atoms with Crippen LogP contribution in [0.4, 0.5) is 0 Å². The fraction of sp³-hybridized carbons (Fsp3) is 0.357. The number of nitrogens with one attached hydrogen (secondary N) is 3. The van der Waals surface area contributed by atoms with Gasteiger partial charge in [0.15, 0.2) is 0 Å². The van der Waals surface area contributed by atoms with E-state index in [1.54, 1.807) is 30.3 Å². The van der Waals surface area contributed by atoms with Crippen molar-refractivity contribution in [2.24, 2.45) is 5.73 Å². The number of hydrogen-bond donors (Lipinski definition) is 6. The quantitative estimate of drug-likeness (QED) is 0.314. The molecule has 0 unspecified atom stereocenters. The van der Waals surface area contributed by atoms with Gasteiger partial charge in [0, 0.05) is 19.0 Å². The van der Waals surface area contributed by atoms with Gasteiger partial charge in [0.25, 0.3) is 0 Å². The number of nitrogens with two attached hydrogens (primary N) is 1. The molecule has 202 valence electrons. The maximum Gasteiger partial charge on any atom is 0.336 e. The summed E-state index contributed by atoms with van der Waals surface area (Å²) >= 11 is 0. The van der Waals surface area contributed by atoms with E-state index in [9.17, 15) is 29.4 Å². The normalized spacial score (nSPS) is 21.9. The zero-order chi connectivity index (χ0) is 27.5. The van der Waals surface area contributed by atoms with Crippen LogP contribution in [0.25, 0.3) is 0 Å². The first kappa shape index (κ1) is 28.4. The average Bonchev–Trinajstić information content (AvgIpc) is 2.89. The monoisotopic (exact) mass is 522 g/mol. The van der Waals surface area contributed by atoms with Crippen molar-refractivity contribution < 1.29 is 29.4 Å². The summed E-state index contributed by atoms with van der Waals surface area (Å²) in [7, 11) is 0. The highest BCUT2D eigenvalue weighted by Crippen LogP contribution is 2.14. The SMILES string of the molecule is N[C@H]1CC/C=C\CC[C@@H](C(=O)NCc2ccccc2C(=O)O)NC(=O)C[C@H](Cc2ccc(O)cc2)NC1=O. The van der Waals surface area contributed by atoms with Crippen LogP contribution in [0.1, 0.15) is 53.6 Å². The van der Waals surface area contributed by atoms with Crippen LogP contribution in [-0.4, -0.2) is 52.0 Å². The Morgan fingerprint density at radius 2 is 1.66 bits per heavy atom. The third-order valence-corrected chi connectivity index (χ3v) is 6.32. The summed E-state index contributed by atoms with van der Waals surface area (Å²) in [6.45, 7) is 0.000932. The number of carboxylic acid groups (broad SMARTS) is 1. The first-order chi connectivity index (χ1) is 18.2. The number of amides is 3. The Kier molecular flexibility index (Phi) is 10.4. The number of phenols is 1. The van der Waals surface area contributed by atoms with E-state index in [0.29, 0.717) is 37.7 Å². The van der Waals surface area contributed by atoms with E-state index >= 15 is 0 Å². The lowest BCUT2D eigenvalue weighted by molar-refractivity contribution is -0.130. The lowest BCUT2D eigenvalue weighted by atomic mass is 10.0. The van der Waals surface area contributed by atoms with E-state index in [2.05, 4.69) is 16.0 Å². The lowest BCUT2D eigenvalue weighted by Crippen LogP contribution is -2.50. The molecule has 0 bridgehead atoms. The number of phenolic OH excluding ortho intramolecular Hbond substituents is 1. The van der Waals surface area contributed by atoms with Crippen LogP contribution in [0, 0.1) is 0 Å². The summed E-state index contributed by atoms with van der Waals surface area (Å²) in [5, 5.41) is 27.3. The number of aromatic carboxylic acids is 1. The molecule has 3 amide bonds. The first-order valence-electron chi connectivity index (χ1n) is 12.6. The second kappa shape index (κ2) is 13.9. The van der Waals surface area contributed by atoms with Gasteiger partial charge in [-0.3, -0.25) is 14.4 Å². The third-order valence-electron chi connectivity index (χ3n) is 6.32. The summed E-state index contributed by atoms with van der Waals surface area (Å²) in [6, 6.07) is 10.7. The predicted molar refractivity (Wildman–Crippen MR) is 141 cm³/mol. The molecule has 7 N–H and O–H groups in total. The van der Waals surface area contributed by atoms with E-state index in [1.807, 2.05) is 12.2 Å². The predicted octanol–water partition coefficient (Wildman–Crippen LogP) is 1.77. The molecule has 0 saturated heterocycles. The molecular weight excluding hydrogens is 488 g/mol. The fourth-order valence-electron chi connectivity index (χ4n) is 4.24. The second-order valence-corrected chi connectivity index (χ2v) is 9.31. The minimum atomic E-state index is -1.09. The molecule has 3 rings (SSSR count). The Hall–Kier alpha value is -4.18. The van der Waals surface area contributed by atoms with Gasteiger partial charge in [-0.15, -0.1) is 0 Å². The van der Waals surface area contributed by atoms with Crippen LogP contribution in [0.5, 0.6) is 5.75 Å². The number of hydrogen-bond acceptors (Lipinski definition) is 6. The van der Waals surface area contributed by atoms with Gasteiger partial charge in [-0.1, -0.05) is 42.5 Å². The molecule has 1 heterocycles. The highest BCUT2D eigenvalue weighted by atomic mass is 16.4. The molecule has 38 heavy (non-hydrogen) atoms. The molecule has 0 aromatic heterocycles. The van der Waals surface area contributed by atoms with E-state index in [-0.39, 0.29) is 30.2 Å². The van der Waals surface area contributed by atoms with Gasteiger partial charge in [-0.2, -0.15) is 0 Å². The van der Waals surface area contributed by atoms with E-state index in [1.165, 1.54) is 18.2 Å². The summed E-state index contributed by atoms with van der Waals surface area (Å²) in [4.78, 5) is 50.2. The molecular formula is C28H34N4O6. The van der Waals surface area contributed by atoms with Gasteiger partial charge in [-0.25, -0.2) is 4.79 Å². The van der Waals surface area contributed by atoms with Crippen LogP contribution in [0.3, 0.4) is 0 Å². The minimum Gasteiger partial charge on any atom is -0.508 e. The Bertz CT molecular complexity index is 1160. The number of carbonyl (C=O) groups excluding carboxylic acids is 3. The van der Waals surface area contributed by atoms with Crippen molar-refractivity contribution in [3.8, 4) is 5.75 Å². The Morgan fingerprint density at radius 3 is 2.37 bits per heavy atom. The van der Waals surface area contributed by atoms with Crippen LogP contribution >= 0.6 is 0 Å². The zero-order valence-corrected chi connectivity index (χ0v) is 21.1. The topological polar surface area (TPSA) is 171 Å². The Balaban J connectivity index is 1.73. The summed E-state index contributed by atoms with van der Waals surface area (Å²) < 4.78 is 0. The van der Waals surface area contributed by atoms with Crippen LogP contribution in [0.2, 0.25) is 0 Å². The molecule has 2 aromatic rings. The number of allylic oxidation sites excluding steroid dienone is 2. The van der Waals surface area contributed by atoms with Crippen molar-refractivity contribution in [2.45, 2.75) is 63.2 Å². The van der Waals surface area contributed by atoms with Crippen molar-refractivity contribution in [2.75, 3.05) is 0 Å². The number of carbonyl (C=O) groups is 4. The molecule has 2 aromatic carbocycles. The third kappa shape index (κ3) is 8.74. The molecule has 1 aliphatic rings. The van der Waals surface area contributed by atoms with E-state index < -0.39 is 35.9 Å². The molecule has 10 nitrogen and oxygen atoms in total. The maximum atomic E-state index is 13.0. The first-order valence-corrected chi connectivity index (χ1v) is 12.6. The van der Waals surface area contributed by atoms with Crippen LogP contribution < -0.4 is 21.7 Å². The van der Waals surface area contributed by atoms with Gasteiger partial charge in [0.05, 0.1) is 11.6 Å². The largest absolute Gasteiger partial charge is 0.508 e. The molecule has 0 saturated carbocycles. The van der Waals surface area contributed by atoms with Gasteiger partial charge < -0.3 is 31.9 Å². The molecule has 0 spiro atoms. The van der Waals surface area contributed by atoms with Gasteiger partial charge in [-0.05, 0) is 61.4 Å². The zero-order valence-electron chi connectivity index (χ0n) is 21.1. The highest BCUT2D eigenvalue weighted by Gasteiger charge is 2.25. The molecule has 0 fully saturated rings. The number of benzene rings is 2. The Morgan fingerprint density at radius 1 is 0.974 bits per heavy atom. The number of aromatic hydroxyl groups is 1. The molecule has 0 radical (unpaired) electrons. The summed E-state index contributed by atoms with van der Waals surface area (Å²) in [5.74, 6) is -2.20. The van der Waals surface area contributed by atoms with Gasteiger partial charge >= 0.3 is 5.97 Å². The second-order valence-electron chi connectivity index (χ2n) is 9.31. The standard InChI is InChI=1S/C28H34N4O6/c29-23-9-3-1-2-4-10-24(27(36)30-17-19-7-5-6-8-22(19)28(37)38)32-25(34)16-20(31-26(23)35)15-18-11-13-21(33)14-12-18/h1-2,5-8,11-14,20,23-24,33H,3-4,9-10,15-17,29H2,(H,30,36)(H,31,35)(H,32,34)(H,37,38)/b2-1-/t20-,23-,24-/m0/s1. The summed E-state index contributed by atoms with van der Waals surface area (Å²) in [5.41, 5.74) is 7.40. The van der Waals surface area contributed by atoms with Crippen molar-refractivity contribution in [1.82, 2.24) is 16.0 Å². The van der Waals surface area contributed by atoms with Crippen molar-refractivity contribution in [3.63, 3.8) is 0 Å². The van der Waals surface area contributed by atoms with Crippen molar-refractivity contribution in [1.29, 1.82) is 0 Å².